The second-order valence-corrected chi connectivity index (χ2v) is 8.18. The summed E-state index contributed by atoms with van der Waals surface area (Å²) in [5.41, 5.74) is 4.06. The smallest absolute Gasteiger partial charge is 0.346 e. The number of allylic oxidation sites excluding steroid dienone is 1. The van der Waals surface area contributed by atoms with Crippen molar-refractivity contribution in [2.75, 3.05) is 5.32 Å². The Morgan fingerprint density at radius 1 is 1.00 bits per heavy atom. The maximum Gasteiger partial charge on any atom is 0.416 e. The fourth-order valence-electron chi connectivity index (χ4n) is 4.14. The van der Waals surface area contributed by atoms with Gasteiger partial charge in [-0.15, -0.1) is 0 Å². The quantitative estimate of drug-likeness (QED) is 0.256. The van der Waals surface area contributed by atoms with E-state index in [0.717, 1.165) is 45.4 Å². The van der Waals surface area contributed by atoms with Crippen molar-refractivity contribution in [3.8, 4) is 22.3 Å². The van der Waals surface area contributed by atoms with Gasteiger partial charge in [0.15, 0.2) is 0 Å². The number of benzene rings is 1. The molecule has 0 aliphatic rings. The zero-order valence-corrected chi connectivity index (χ0v) is 18.8. The third kappa shape index (κ3) is 4.28. The highest BCUT2D eigenvalue weighted by Crippen LogP contribution is 2.38. The molecule has 1 aromatic carbocycles. The third-order valence-electron chi connectivity index (χ3n) is 5.67. The Morgan fingerprint density at radius 3 is 2.57 bits per heavy atom. The molecule has 0 bridgehead atoms. The van der Waals surface area contributed by atoms with Crippen LogP contribution >= 0.6 is 0 Å². The summed E-state index contributed by atoms with van der Waals surface area (Å²) >= 11 is 0. The average Bonchev–Trinajstić information content (AvgIpc) is 3.40. The number of alkyl halides is 3. The highest BCUT2D eigenvalue weighted by atomic mass is 19.4. The Balaban J connectivity index is 1.65. The molecule has 4 aromatic heterocycles. The molecule has 3 N–H and O–H groups in total. The van der Waals surface area contributed by atoms with Crippen molar-refractivity contribution in [2.45, 2.75) is 20.0 Å². The Hall–Kier alpha value is -4.40. The Morgan fingerprint density at radius 2 is 1.80 bits per heavy atom. The zero-order valence-electron chi connectivity index (χ0n) is 18.8. The maximum absolute atomic E-state index is 13.6. The molecule has 5 rings (SSSR count). The molecule has 9 heteroatoms. The van der Waals surface area contributed by atoms with E-state index in [1.165, 1.54) is 24.4 Å². The summed E-state index contributed by atoms with van der Waals surface area (Å²) in [4.78, 5) is 27.1. The van der Waals surface area contributed by atoms with Crippen molar-refractivity contribution in [1.29, 1.82) is 0 Å². The third-order valence-corrected chi connectivity index (χ3v) is 5.67. The summed E-state index contributed by atoms with van der Waals surface area (Å²) in [5.74, 6) is -0.511. The van der Waals surface area contributed by atoms with Crippen molar-refractivity contribution >= 4 is 33.7 Å². The van der Waals surface area contributed by atoms with Crippen molar-refractivity contribution in [3.63, 3.8) is 0 Å². The fraction of sp³-hybridized carbons (Fsp3) is 0.115. The van der Waals surface area contributed by atoms with Gasteiger partial charge >= 0.3 is 6.18 Å². The van der Waals surface area contributed by atoms with Crippen molar-refractivity contribution in [2.24, 2.45) is 0 Å². The predicted octanol–water partition coefficient (Wildman–Crippen LogP) is 6.62. The molecular formula is C26H20F3N5O. The van der Waals surface area contributed by atoms with Gasteiger partial charge in [0.05, 0.1) is 5.56 Å². The average molecular weight is 475 g/mol. The molecular weight excluding hydrogens is 455 g/mol. The van der Waals surface area contributed by atoms with E-state index in [9.17, 15) is 18.0 Å². The van der Waals surface area contributed by atoms with Crippen LogP contribution in [0.25, 0.3) is 44.3 Å². The van der Waals surface area contributed by atoms with Crippen LogP contribution in [0.5, 0.6) is 0 Å². The van der Waals surface area contributed by atoms with Crippen LogP contribution in [0.3, 0.4) is 0 Å². The molecule has 0 aliphatic heterocycles. The number of carbonyl (C=O) groups is 1. The highest BCUT2D eigenvalue weighted by molar-refractivity contribution is 6.04. The number of halogens is 3. The number of hydrogen-bond donors (Lipinski definition) is 3. The molecule has 4 heterocycles. The topological polar surface area (TPSA) is 86.5 Å². The Kier molecular flexibility index (Phi) is 5.39. The van der Waals surface area contributed by atoms with Gasteiger partial charge in [0.2, 0.25) is 5.91 Å². The maximum atomic E-state index is 13.6. The van der Waals surface area contributed by atoms with Crippen LogP contribution in [0.4, 0.5) is 18.9 Å². The van der Waals surface area contributed by atoms with E-state index in [4.69, 9.17) is 0 Å². The van der Waals surface area contributed by atoms with E-state index in [0.29, 0.717) is 11.2 Å². The number of aromatic amines is 2. The number of aryl methyl sites for hydroxylation is 1. The van der Waals surface area contributed by atoms with Crippen LogP contribution in [-0.4, -0.2) is 25.8 Å². The zero-order chi connectivity index (χ0) is 24.7. The molecule has 0 unspecified atom stereocenters. The van der Waals surface area contributed by atoms with Crippen LogP contribution in [0.2, 0.25) is 0 Å². The first kappa shape index (κ1) is 22.4. The molecule has 35 heavy (non-hydrogen) atoms. The summed E-state index contributed by atoms with van der Waals surface area (Å²) < 4.78 is 40.9. The van der Waals surface area contributed by atoms with Gasteiger partial charge in [0, 0.05) is 51.9 Å². The molecule has 0 saturated heterocycles. The van der Waals surface area contributed by atoms with Crippen LogP contribution < -0.4 is 5.32 Å². The van der Waals surface area contributed by atoms with Gasteiger partial charge in [-0.3, -0.25) is 4.79 Å². The normalized spacial score (nSPS) is 12.1. The lowest BCUT2D eigenvalue weighted by atomic mass is 9.99. The van der Waals surface area contributed by atoms with Gasteiger partial charge < -0.3 is 15.3 Å². The molecule has 176 valence electrons. The number of hydrogen-bond acceptors (Lipinski definition) is 3. The molecule has 1 amide bonds. The summed E-state index contributed by atoms with van der Waals surface area (Å²) in [5, 5.41) is 4.18. The molecule has 6 nitrogen and oxygen atoms in total. The van der Waals surface area contributed by atoms with Crippen molar-refractivity contribution < 1.29 is 18.0 Å². The summed E-state index contributed by atoms with van der Waals surface area (Å²) in [6, 6.07) is 9.17. The minimum atomic E-state index is -4.58. The van der Waals surface area contributed by atoms with E-state index in [2.05, 4.69) is 25.3 Å². The van der Waals surface area contributed by atoms with Crippen LogP contribution in [0.15, 0.2) is 67.1 Å². The Bertz CT molecular complexity index is 1610. The molecule has 0 fully saturated rings. The van der Waals surface area contributed by atoms with E-state index in [1.807, 2.05) is 25.3 Å². The molecule has 0 radical (unpaired) electrons. The lowest BCUT2D eigenvalue weighted by molar-refractivity contribution is -0.137. The molecule has 0 atom stereocenters. The van der Waals surface area contributed by atoms with Gasteiger partial charge in [0.25, 0.3) is 0 Å². The summed E-state index contributed by atoms with van der Waals surface area (Å²) in [6.45, 7) is 3.60. The fourth-order valence-corrected chi connectivity index (χ4v) is 4.14. The van der Waals surface area contributed by atoms with Crippen LogP contribution in [0.1, 0.15) is 18.2 Å². The van der Waals surface area contributed by atoms with Gasteiger partial charge in [-0.05, 0) is 67.4 Å². The van der Waals surface area contributed by atoms with E-state index >= 15 is 0 Å². The standard InChI is InChI=1S/C26H20F3N5O/c1-3-4-23(35)34-18-9-15(8-17(11-18)26(27,28)29)16-10-21-22(13-32-24(21)31-12-16)19-5-6-30-25-20(19)7-14(2)33-25/h3-13H,1-2H3,(H,30,33)(H,31,32)(H,34,35). The van der Waals surface area contributed by atoms with Gasteiger partial charge in [0.1, 0.15) is 11.3 Å². The SMILES string of the molecule is CC=CC(=O)Nc1cc(-c2cnc3[nH]cc(-c4ccnc5[nH]c(C)cc45)c3c2)cc(C(F)(F)F)c1. The lowest BCUT2D eigenvalue weighted by Gasteiger charge is -2.13. The lowest BCUT2D eigenvalue weighted by Crippen LogP contribution is -2.11. The highest BCUT2D eigenvalue weighted by Gasteiger charge is 2.31. The molecule has 0 aliphatic carbocycles. The number of pyridine rings is 2. The molecule has 5 aromatic rings. The van der Waals surface area contributed by atoms with Crippen LogP contribution in [-0.2, 0) is 11.0 Å². The monoisotopic (exact) mass is 475 g/mol. The number of aromatic nitrogens is 4. The summed E-state index contributed by atoms with van der Waals surface area (Å²) in [7, 11) is 0. The number of nitrogens with one attached hydrogen (secondary N) is 3. The first-order valence-electron chi connectivity index (χ1n) is 10.8. The largest absolute Gasteiger partial charge is 0.416 e. The van der Waals surface area contributed by atoms with E-state index in [1.54, 1.807) is 19.2 Å². The second-order valence-electron chi connectivity index (χ2n) is 8.18. The minimum absolute atomic E-state index is 0.0472. The first-order chi connectivity index (χ1) is 16.7. The number of anilines is 1. The van der Waals surface area contributed by atoms with Gasteiger partial charge in [-0.2, -0.15) is 13.2 Å². The number of H-pyrrole nitrogens is 2. The van der Waals surface area contributed by atoms with Crippen molar-refractivity contribution in [1.82, 2.24) is 19.9 Å². The summed E-state index contributed by atoms with van der Waals surface area (Å²) in [6.07, 6.45) is 3.22. The first-order valence-corrected chi connectivity index (χ1v) is 10.8. The van der Waals surface area contributed by atoms with E-state index < -0.39 is 17.6 Å². The Labute approximate surface area is 197 Å². The van der Waals surface area contributed by atoms with Crippen LogP contribution in [0, 0.1) is 6.92 Å². The minimum Gasteiger partial charge on any atom is -0.346 e. The number of carbonyl (C=O) groups excluding carboxylic acids is 1. The second kappa shape index (κ2) is 8.43. The van der Waals surface area contributed by atoms with Gasteiger partial charge in [-0.25, -0.2) is 9.97 Å². The van der Waals surface area contributed by atoms with Crippen molar-refractivity contribution in [3.05, 3.63) is 78.4 Å². The number of rotatable bonds is 4. The number of fused-ring (bicyclic) bond motifs is 2. The predicted molar refractivity (Wildman–Crippen MR) is 130 cm³/mol. The van der Waals surface area contributed by atoms with Gasteiger partial charge in [-0.1, -0.05) is 6.08 Å². The molecule has 0 saturated carbocycles. The van der Waals surface area contributed by atoms with E-state index in [-0.39, 0.29) is 11.3 Å². The number of amides is 1. The number of nitrogens with zero attached hydrogens (tertiary/aromatic N) is 2. The molecule has 0 spiro atoms.